The van der Waals surface area contributed by atoms with Crippen molar-refractivity contribution in [1.82, 2.24) is 0 Å². The second-order valence-electron chi connectivity index (χ2n) is 5.56. The molecule has 0 aliphatic rings. The zero-order chi connectivity index (χ0) is 18.5. The summed E-state index contributed by atoms with van der Waals surface area (Å²) in [4.78, 5) is 14.6. The Kier molecular flexibility index (Phi) is 5.59. The predicted molar refractivity (Wildman–Crippen MR) is 103 cm³/mol. The maximum Gasteiger partial charge on any atom is 0.294 e. The molecule has 0 saturated heterocycles. The van der Waals surface area contributed by atoms with Crippen LogP contribution in [0.3, 0.4) is 0 Å². The first-order valence-electron chi connectivity index (χ1n) is 8.23. The third-order valence-corrected chi connectivity index (χ3v) is 4.48. The molecule has 5 nitrogen and oxygen atoms in total. The lowest BCUT2D eigenvalue weighted by Gasteiger charge is -2.21. The molecule has 0 spiro atoms. The van der Waals surface area contributed by atoms with Gasteiger partial charge in [0, 0.05) is 17.6 Å². The van der Waals surface area contributed by atoms with Crippen molar-refractivity contribution in [2.75, 3.05) is 18.1 Å². The summed E-state index contributed by atoms with van der Waals surface area (Å²) >= 11 is 3.43. The van der Waals surface area contributed by atoms with Gasteiger partial charge >= 0.3 is 0 Å². The lowest BCUT2D eigenvalue weighted by atomic mass is 10.2. The van der Waals surface area contributed by atoms with E-state index in [0.717, 1.165) is 15.6 Å². The Balaban J connectivity index is 1.94. The molecular weight excluding hydrogens is 396 g/mol. The second-order valence-corrected chi connectivity index (χ2v) is 6.41. The highest BCUT2D eigenvalue weighted by molar-refractivity contribution is 9.10. The molecule has 132 valence electrons. The number of nitriles is 1. The second kappa shape index (κ2) is 8.07. The van der Waals surface area contributed by atoms with Gasteiger partial charge in [-0.25, -0.2) is 0 Å². The lowest BCUT2D eigenvalue weighted by molar-refractivity contribution is 0.0963. The van der Waals surface area contributed by atoms with Gasteiger partial charge in [0.25, 0.3) is 5.91 Å². The summed E-state index contributed by atoms with van der Waals surface area (Å²) in [7, 11) is 0. The molecule has 2 aromatic carbocycles. The van der Waals surface area contributed by atoms with Crippen molar-refractivity contribution >= 4 is 38.5 Å². The van der Waals surface area contributed by atoms with Gasteiger partial charge < -0.3 is 14.1 Å². The molecule has 0 atom stereocenters. The molecule has 3 aromatic rings. The Morgan fingerprint density at radius 2 is 2.04 bits per heavy atom. The van der Waals surface area contributed by atoms with Crippen molar-refractivity contribution in [1.29, 1.82) is 5.26 Å². The zero-order valence-electron chi connectivity index (χ0n) is 14.2. The van der Waals surface area contributed by atoms with Crippen molar-refractivity contribution in [2.45, 2.75) is 13.3 Å². The first-order valence-corrected chi connectivity index (χ1v) is 9.03. The number of ether oxygens (including phenoxy) is 1. The standard InChI is InChI=1S/C20H17BrN2O3/c1-2-25-16-9-7-15(8-10-16)23(12-4-11-22)20(24)18-13-14-5-3-6-17(21)19(14)26-18/h3,5-10,13H,2,4,12H2,1H3. The third kappa shape index (κ3) is 3.73. The van der Waals surface area contributed by atoms with Gasteiger partial charge in [-0.1, -0.05) is 12.1 Å². The van der Waals surface area contributed by atoms with E-state index in [1.165, 1.54) is 0 Å². The summed E-state index contributed by atoms with van der Waals surface area (Å²) < 4.78 is 12.0. The molecule has 1 amide bonds. The number of halogens is 1. The van der Waals surface area contributed by atoms with Crippen molar-refractivity contribution in [3.8, 4) is 11.8 Å². The number of fused-ring (bicyclic) bond motifs is 1. The van der Waals surface area contributed by atoms with E-state index in [1.807, 2.05) is 25.1 Å². The van der Waals surface area contributed by atoms with Gasteiger partial charge in [-0.3, -0.25) is 4.79 Å². The zero-order valence-corrected chi connectivity index (χ0v) is 15.8. The lowest BCUT2D eigenvalue weighted by Crippen LogP contribution is -2.31. The Morgan fingerprint density at radius 1 is 1.27 bits per heavy atom. The van der Waals surface area contributed by atoms with Gasteiger partial charge in [0.05, 0.1) is 23.6 Å². The molecular formula is C20H17BrN2O3. The van der Waals surface area contributed by atoms with E-state index in [2.05, 4.69) is 22.0 Å². The number of nitrogens with zero attached hydrogens (tertiary/aromatic N) is 2. The fraction of sp³-hybridized carbons (Fsp3) is 0.200. The predicted octanol–water partition coefficient (Wildman–Crippen LogP) is 5.15. The van der Waals surface area contributed by atoms with Crippen LogP contribution in [-0.4, -0.2) is 19.1 Å². The quantitative estimate of drug-likeness (QED) is 0.560. The Hall–Kier alpha value is -2.78. The summed E-state index contributed by atoms with van der Waals surface area (Å²) in [5.74, 6) is 0.683. The molecule has 6 heteroatoms. The number of carbonyl (C=O) groups is 1. The van der Waals surface area contributed by atoms with Crippen molar-refractivity contribution in [3.63, 3.8) is 0 Å². The molecule has 0 saturated carbocycles. The fourth-order valence-corrected chi connectivity index (χ4v) is 3.13. The number of hydrogen-bond donors (Lipinski definition) is 0. The summed E-state index contributed by atoms with van der Waals surface area (Å²) in [6, 6.07) is 16.7. The van der Waals surface area contributed by atoms with E-state index in [1.54, 1.807) is 35.2 Å². The number of amides is 1. The SMILES string of the molecule is CCOc1ccc(N(CCC#N)C(=O)c2cc3cccc(Br)c3o2)cc1. The number of rotatable bonds is 6. The molecule has 0 unspecified atom stereocenters. The Morgan fingerprint density at radius 3 is 2.69 bits per heavy atom. The molecule has 1 aromatic heterocycles. The van der Waals surface area contributed by atoms with Crippen LogP contribution in [0.2, 0.25) is 0 Å². The highest BCUT2D eigenvalue weighted by Gasteiger charge is 2.22. The van der Waals surface area contributed by atoms with Crippen LogP contribution in [0.5, 0.6) is 5.75 Å². The largest absolute Gasteiger partial charge is 0.494 e. The van der Waals surface area contributed by atoms with E-state index in [4.69, 9.17) is 14.4 Å². The van der Waals surface area contributed by atoms with E-state index in [-0.39, 0.29) is 24.6 Å². The Labute approximate surface area is 159 Å². The molecule has 3 rings (SSSR count). The van der Waals surface area contributed by atoms with Crippen LogP contribution in [0.25, 0.3) is 11.0 Å². The highest BCUT2D eigenvalue weighted by atomic mass is 79.9. The number of hydrogen-bond acceptors (Lipinski definition) is 4. The third-order valence-electron chi connectivity index (χ3n) is 3.86. The molecule has 0 aliphatic carbocycles. The van der Waals surface area contributed by atoms with Crippen molar-refractivity contribution in [3.05, 3.63) is 58.8 Å². The van der Waals surface area contributed by atoms with Crippen LogP contribution in [0.4, 0.5) is 5.69 Å². The minimum atomic E-state index is -0.285. The van der Waals surface area contributed by atoms with Gasteiger partial charge in [0.15, 0.2) is 5.76 Å². The van der Waals surface area contributed by atoms with Crippen LogP contribution in [0, 0.1) is 11.3 Å². The summed E-state index contributed by atoms with van der Waals surface area (Å²) in [5.41, 5.74) is 1.32. The topological polar surface area (TPSA) is 66.5 Å². The van der Waals surface area contributed by atoms with Crippen LogP contribution >= 0.6 is 15.9 Å². The number of carbonyl (C=O) groups excluding carboxylic acids is 1. The average molecular weight is 413 g/mol. The summed E-state index contributed by atoms with van der Waals surface area (Å²) in [6.07, 6.45) is 0.225. The molecule has 1 heterocycles. The van der Waals surface area contributed by atoms with Crippen LogP contribution in [-0.2, 0) is 0 Å². The molecule has 0 fully saturated rings. The first kappa shape index (κ1) is 18.0. The fourth-order valence-electron chi connectivity index (χ4n) is 2.66. The molecule has 26 heavy (non-hydrogen) atoms. The van der Waals surface area contributed by atoms with Crippen LogP contribution in [0.1, 0.15) is 23.9 Å². The number of anilines is 1. The first-order chi connectivity index (χ1) is 12.6. The number of para-hydroxylation sites is 1. The van der Waals surface area contributed by atoms with Gasteiger partial charge in [0.2, 0.25) is 0 Å². The summed E-state index contributed by atoms with van der Waals surface area (Å²) in [6.45, 7) is 2.77. The van der Waals surface area contributed by atoms with Gasteiger partial charge in [-0.05, 0) is 59.3 Å². The normalized spacial score (nSPS) is 10.5. The van der Waals surface area contributed by atoms with E-state index < -0.39 is 0 Å². The van der Waals surface area contributed by atoms with Gasteiger partial charge in [0.1, 0.15) is 11.3 Å². The van der Waals surface area contributed by atoms with E-state index >= 15 is 0 Å². The molecule has 0 radical (unpaired) electrons. The highest BCUT2D eigenvalue weighted by Crippen LogP contribution is 2.29. The number of benzene rings is 2. The maximum absolute atomic E-state index is 13.0. The molecule has 0 aliphatic heterocycles. The summed E-state index contributed by atoms with van der Waals surface area (Å²) in [5, 5.41) is 9.78. The monoisotopic (exact) mass is 412 g/mol. The maximum atomic E-state index is 13.0. The minimum Gasteiger partial charge on any atom is -0.494 e. The van der Waals surface area contributed by atoms with Crippen LogP contribution in [0.15, 0.2) is 57.4 Å². The van der Waals surface area contributed by atoms with Crippen molar-refractivity contribution < 1.29 is 13.9 Å². The van der Waals surface area contributed by atoms with Crippen LogP contribution < -0.4 is 9.64 Å². The van der Waals surface area contributed by atoms with Gasteiger partial charge in [-0.2, -0.15) is 5.26 Å². The van der Waals surface area contributed by atoms with Gasteiger partial charge in [-0.15, -0.1) is 0 Å². The van der Waals surface area contributed by atoms with E-state index in [9.17, 15) is 4.79 Å². The minimum absolute atomic E-state index is 0.225. The number of furan rings is 1. The van der Waals surface area contributed by atoms with E-state index in [0.29, 0.717) is 17.9 Å². The Bertz CT molecular complexity index is 957. The smallest absolute Gasteiger partial charge is 0.294 e. The molecule has 0 bridgehead atoms. The average Bonchev–Trinajstić information content (AvgIpc) is 3.09. The molecule has 0 N–H and O–H groups in total. The van der Waals surface area contributed by atoms with Crippen molar-refractivity contribution in [2.24, 2.45) is 0 Å².